The van der Waals surface area contributed by atoms with Crippen LogP contribution in [0.15, 0.2) is 6.07 Å². The van der Waals surface area contributed by atoms with Crippen molar-refractivity contribution in [3.8, 4) is 0 Å². The molecule has 0 radical (unpaired) electrons. The number of carbonyl (C=O) groups is 2. The Balaban J connectivity index is 0.000000345. The fourth-order valence-electron chi connectivity index (χ4n) is 3.46. The number of hydrogen-bond acceptors (Lipinski definition) is 5. The summed E-state index contributed by atoms with van der Waals surface area (Å²) in [5.41, 5.74) is 1.54. The van der Waals surface area contributed by atoms with E-state index in [4.69, 9.17) is 19.4 Å². The Bertz CT molecular complexity index is 707. The Morgan fingerprint density at radius 1 is 1.43 bits per heavy atom. The molecule has 28 heavy (non-hydrogen) atoms. The number of aromatic nitrogens is 2. The first kappa shape index (κ1) is 22.2. The van der Waals surface area contributed by atoms with Gasteiger partial charge >= 0.3 is 12.1 Å². The van der Waals surface area contributed by atoms with Gasteiger partial charge in [-0.2, -0.15) is 18.3 Å². The molecule has 3 rings (SSSR count). The molecule has 2 saturated heterocycles. The monoisotopic (exact) mass is 407 g/mol. The number of methoxy groups -OCH3 is 1. The first-order valence-corrected chi connectivity index (χ1v) is 8.90. The van der Waals surface area contributed by atoms with Crippen LogP contribution in [0.1, 0.15) is 35.9 Å². The van der Waals surface area contributed by atoms with Crippen molar-refractivity contribution in [2.45, 2.75) is 57.7 Å². The number of likely N-dealkylation sites (tertiary alicyclic amines) is 1. The molecule has 2 aliphatic heterocycles. The number of carboxylic acids is 1. The van der Waals surface area contributed by atoms with Gasteiger partial charge in [-0.05, 0) is 32.8 Å². The quantitative estimate of drug-likeness (QED) is 0.822. The predicted molar refractivity (Wildman–Crippen MR) is 90.9 cm³/mol. The highest BCUT2D eigenvalue weighted by molar-refractivity contribution is 5.93. The van der Waals surface area contributed by atoms with Crippen molar-refractivity contribution >= 4 is 11.9 Å². The summed E-state index contributed by atoms with van der Waals surface area (Å²) in [5, 5.41) is 11.5. The molecular formula is C17H24F3N3O5. The van der Waals surface area contributed by atoms with Crippen molar-refractivity contribution in [2.75, 3.05) is 20.3 Å². The maximum absolute atomic E-state index is 12.9. The van der Waals surface area contributed by atoms with E-state index in [1.165, 1.54) is 0 Å². The standard InChI is InChI=1S/C15H23N3O3.C2HF3O2/c1-4-18-12(8-10(2)16-18)15(19)17-9-13(20-3)14-11(17)6-5-7-21-14;3-2(4,5)1(6)7/h8,11,13-14H,4-7,9H2,1-3H3;(H,6,7)/t11-,13-,14+;/m1./s1. The molecule has 0 aromatic carbocycles. The molecule has 0 saturated carbocycles. The molecule has 1 aromatic heterocycles. The molecule has 2 aliphatic rings. The molecule has 0 bridgehead atoms. The smallest absolute Gasteiger partial charge is 0.475 e. The number of carbonyl (C=O) groups excluding carboxylic acids is 1. The van der Waals surface area contributed by atoms with Crippen LogP contribution < -0.4 is 0 Å². The second kappa shape index (κ2) is 8.91. The van der Waals surface area contributed by atoms with Crippen LogP contribution in [0.3, 0.4) is 0 Å². The number of aliphatic carboxylic acids is 1. The molecule has 3 heterocycles. The lowest BCUT2D eigenvalue weighted by Gasteiger charge is -2.32. The largest absolute Gasteiger partial charge is 0.490 e. The number of ether oxygens (including phenoxy) is 2. The first-order chi connectivity index (χ1) is 13.1. The van der Waals surface area contributed by atoms with E-state index < -0.39 is 12.1 Å². The molecule has 11 heteroatoms. The van der Waals surface area contributed by atoms with Crippen LogP contribution in [0.25, 0.3) is 0 Å². The van der Waals surface area contributed by atoms with Crippen molar-refractivity contribution in [3.05, 3.63) is 17.5 Å². The summed E-state index contributed by atoms with van der Waals surface area (Å²) in [6, 6.07) is 1.99. The second-order valence-corrected chi connectivity index (χ2v) is 6.57. The van der Waals surface area contributed by atoms with Gasteiger partial charge in [0, 0.05) is 20.3 Å². The molecular weight excluding hydrogens is 383 g/mol. The van der Waals surface area contributed by atoms with Crippen molar-refractivity contribution < 1.29 is 37.3 Å². The minimum absolute atomic E-state index is 0.00629. The van der Waals surface area contributed by atoms with Gasteiger partial charge in [-0.1, -0.05) is 0 Å². The first-order valence-electron chi connectivity index (χ1n) is 8.90. The second-order valence-electron chi connectivity index (χ2n) is 6.57. The Hall–Kier alpha value is -2.14. The Kier molecular flexibility index (Phi) is 7.05. The summed E-state index contributed by atoms with van der Waals surface area (Å²) in [7, 11) is 1.69. The van der Waals surface area contributed by atoms with Crippen molar-refractivity contribution in [3.63, 3.8) is 0 Å². The highest BCUT2D eigenvalue weighted by atomic mass is 19.4. The molecule has 1 aromatic rings. The average molecular weight is 407 g/mol. The van der Waals surface area contributed by atoms with E-state index in [2.05, 4.69) is 5.10 Å². The fourth-order valence-corrected chi connectivity index (χ4v) is 3.46. The molecule has 2 fully saturated rings. The number of nitrogens with zero attached hydrogens (tertiary/aromatic N) is 3. The number of rotatable bonds is 3. The van der Waals surface area contributed by atoms with Gasteiger partial charge in [0.2, 0.25) is 0 Å². The van der Waals surface area contributed by atoms with Crippen LogP contribution in [-0.2, 0) is 20.8 Å². The highest BCUT2D eigenvalue weighted by Crippen LogP contribution is 2.31. The SMILES string of the molecule is CCn1nc(C)cc1C(=O)N1C[C@@H](OC)[C@H]2OCCC[C@H]21.O=C(O)C(F)(F)F. The van der Waals surface area contributed by atoms with Crippen LogP contribution >= 0.6 is 0 Å². The molecule has 0 unspecified atom stereocenters. The Morgan fingerprint density at radius 3 is 2.61 bits per heavy atom. The van der Waals surface area contributed by atoms with Gasteiger partial charge in [-0.15, -0.1) is 0 Å². The lowest BCUT2D eigenvalue weighted by molar-refractivity contribution is -0.192. The number of halogens is 3. The Labute approximate surface area is 160 Å². The van der Waals surface area contributed by atoms with Crippen LogP contribution in [0.4, 0.5) is 13.2 Å². The number of fused-ring (bicyclic) bond motifs is 1. The zero-order valence-electron chi connectivity index (χ0n) is 15.9. The zero-order valence-corrected chi connectivity index (χ0v) is 15.9. The normalized spacial score (nSPS) is 24.4. The summed E-state index contributed by atoms with van der Waals surface area (Å²) in [5.74, 6) is -2.72. The molecule has 0 spiro atoms. The summed E-state index contributed by atoms with van der Waals surface area (Å²) in [6.07, 6.45) is -3.13. The summed E-state index contributed by atoms with van der Waals surface area (Å²) in [6.45, 7) is 5.96. The van der Waals surface area contributed by atoms with Gasteiger partial charge in [-0.25, -0.2) is 4.79 Å². The van der Waals surface area contributed by atoms with Gasteiger partial charge in [0.25, 0.3) is 5.91 Å². The number of amides is 1. The van der Waals surface area contributed by atoms with Gasteiger partial charge in [-0.3, -0.25) is 9.48 Å². The van der Waals surface area contributed by atoms with E-state index in [0.717, 1.165) is 25.1 Å². The van der Waals surface area contributed by atoms with Gasteiger partial charge < -0.3 is 19.5 Å². The van der Waals surface area contributed by atoms with E-state index in [-0.39, 0.29) is 24.2 Å². The number of carboxylic acid groups (broad SMARTS) is 1. The van der Waals surface area contributed by atoms with E-state index in [1.54, 1.807) is 11.8 Å². The van der Waals surface area contributed by atoms with Gasteiger partial charge in [0.05, 0.1) is 18.3 Å². The van der Waals surface area contributed by atoms with Crippen molar-refractivity contribution in [2.24, 2.45) is 0 Å². The number of alkyl halides is 3. The maximum atomic E-state index is 12.9. The lowest BCUT2D eigenvalue weighted by Crippen LogP contribution is -2.44. The minimum Gasteiger partial charge on any atom is -0.475 e. The van der Waals surface area contributed by atoms with E-state index in [0.29, 0.717) is 18.8 Å². The van der Waals surface area contributed by atoms with Crippen LogP contribution in [-0.4, -0.2) is 76.4 Å². The highest BCUT2D eigenvalue weighted by Gasteiger charge is 2.46. The molecule has 1 amide bonds. The van der Waals surface area contributed by atoms with E-state index in [9.17, 15) is 18.0 Å². The van der Waals surface area contributed by atoms with Crippen molar-refractivity contribution in [1.82, 2.24) is 14.7 Å². The minimum atomic E-state index is -5.08. The summed E-state index contributed by atoms with van der Waals surface area (Å²) in [4.78, 5) is 23.7. The van der Waals surface area contributed by atoms with Crippen LogP contribution in [0.2, 0.25) is 0 Å². The third kappa shape index (κ3) is 4.82. The maximum Gasteiger partial charge on any atom is 0.490 e. The Morgan fingerprint density at radius 2 is 2.07 bits per heavy atom. The van der Waals surface area contributed by atoms with E-state index in [1.807, 2.05) is 24.8 Å². The fraction of sp³-hybridized carbons (Fsp3) is 0.706. The van der Waals surface area contributed by atoms with Gasteiger partial charge in [0.15, 0.2) is 0 Å². The molecule has 0 aliphatic carbocycles. The van der Waals surface area contributed by atoms with Gasteiger partial charge in [0.1, 0.15) is 17.9 Å². The molecule has 3 atom stereocenters. The summed E-state index contributed by atoms with van der Waals surface area (Å²) >= 11 is 0. The zero-order chi connectivity index (χ0) is 21.1. The lowest BCUT2D eigenvalue weighted by atomic mass is 10.0. The summed E-state index contributed by atoms with van der Waals surface area (Å²) < 4.78 is 44.9. The molecule has 158 valence electrons. The topological polar surface area (TPSA) is 93.9 Å². The molecule has 1 N–H and O–H groups in total. The average Bonchev–Trinajstić information content (AvgIpc) is 3.21. The van der Waals surface area contributed by atoms with Crippen LogP contribution in [0, 0.1) is 6.92 Å². The van der Waals surface area contributed by atoms with E-state index >= 15 is 0 Å². The van der Waals surface area contributed by atoms with Crippen molar-refractivity contribution in [1.29, 1.82) is 0 Å². The third-order valence-corrected chi connectivity index (χ3v) is 4.70. The number of aryl methyl sites for hydroxylation is 2. The number of hydrogen-bond donors (Lipinski definition) is 1. The predicted octanol–water partition coefficient (Wildman–Crippen LogP) is 1.86. The van der Waals surface area contributed by atoms with Crippen LogP contribution in [0.5, 0.6) is 0 Å². The third-order valence-electron chi connectivity index (χ3n) is 4.70. The molecule has 8 nitrogen and oxygen atoms in total.